The summed E-state index contributed by atoms with van der Waals surface area (Å²) in [4.78, 5) is 1.99. The van der Waals surface area contributed by atoms with Gasteiger partial charge in [-0.1, -0.05) is 34.1 Å². The van der Waals surface area contributed by atoms with E-state index in [4.69, 9.17) is 4.42 Å². The summed E-state index contributed by atoms with van der Waals surface area (Å²) in [6, 6.07) is 14.2. The third-order valence-corrected chi connectivity index (χ3v) is 4.04. The van der Waals surface area contributed by atoms with Crippen LogP contribution in [-0.4, -0.2) is 28.8 Å². The fourth-order valence-corrected chi connectivity index (χ4v) is 2.83. The Kier molecular flexibility index (Phi) is 5.95. The van der Waals surface area contributed by atoms with Crippen LogP contribution in [0.3, 0.4) is 0 Å². The van der Waals surface area contributed by atoms with Crippen molar-refractivity contribution in [2.45, 2.75) is 19.7 Å². The minimum absolute atomic E-state index is 0.141. The first-order valence-corrected chi connectivity index (χ1v) is 8.59. The maximum atomic E-state index is 12.2. The zero-order chi connectivity index (χ0) is 18.5. The molecule has 0 bridgehead atoms. The lowest BCUT2D eigenvalue weighted by atomic mass is 10.2. The minimum Gasteiger partial charge on any atom is -0.435 e. The summed E-state index contributed by atoms with van der Waals surface area (Å²) in [6.07, 6.45) is 0. The van der Waals surface area contributed by atoms with E-state index in [2.05, 4.69) is 30.9 Å². The summed E-state index contributed by atoms with van der Waals surface area (Å²) >= 11 is 3.41. The highest BCUT2D eigenvalue weighted by molar-refractivity contribution is 9.10. The molecule has 2 aromatic carbocycles. The van der Waals surface area contributed by atoms with Crippen molar-refractivity contribution in [3.63, 3.8) is 0 Å². The van der Waals surface area contributed by atoms with Gasteiger partial charge in [0.1, 0.15) is 5.75 Å². The van der Waals surface area contributed by atoms with E-state index in [0.29, 0.717) is 24.9 Å². The smallest absolute Gasteiger partial charge is 0.387 e. The molecule has 0 aliphatic carbocycles. The number of ether oxygens (including phenoxy) is 1. The van der Waals surface area contributed by atoms with Crippen molar-refractivity contribution in [2.24, 2.45) is 0 Å². The average Bonchev–Trinajstić information content (AvgIpc) is 3.04. The second-order valence-electron chi connectivity index (χ2n) is 5.71. The van der Waals surface area contributed by atoms with Crippen LogP contribution in [0.1, 0.15) is 11.5 Å². The molecule has 136 valence electrons. The number of hydrogen-bond donors (Lipinski definition) is 0. The van der Waals surface area contributed by atoms with Crippen LogP contribution in [0.25, 0.3) is 11.5 Å². The Bertz CT molecular complexity index is 856. The van der Waals surface area contributed by atoms with Gasteiger partial charge < -0.3 is 9.15 Å². The Morgan fingerprint density at radius 1 is 1.12 bits per heavy atom. The molecule has 0 fully saturated rings. The van der Waals surface area contributed by atoms with E-state index in [-0.39, 0.29) is 5.75 Å². The minimum atomic E-state index is -2.82. The van der Waals surface area contributed by atoms with Gasteiger partial charge in [0.25, 0.3) is 0 Å². The van der Waals surface area contributed by atoms with Gasteiger partial charge in [0.05, 0.1) is 6.54 Å². The van der Waals surface area contributed by atoms with Gasteiger partial charge in [-0.2, -0.15) is 8.78 Å². The molecule has 0 aliphatic heterocycles. The summed E-state index contributed by atoms with van der Waals surface area (Å²) in [5, 5.41) is 8.15. The molecule has 0 aliphatic rings. The van der Waals surface area contributed by atoms with Crippen molar-refractivity contribution >= 4 is 15.9 Å². The number of halogens is 3. The fourth-order valence-electron chi connectivity index (χ4n) is 2.43. The molecule has 0 saturated heterocycles. The van der Waals surface area contributed by atoms with Gasteiger partial charge in [0.2, 0.25) is 11.8 Å². The Balaban J connectivity index is 1.59. The number of aromatic nitrogens is 2. The molecule has 0 amide bonds. The summed E-state index contributed by atoms with van der Waals surface area (Å²) in [5.41, 5.74) is 1.80. The Morgan fingerprint density at radius 3 is 2.58 bits per heavy atom. The van der Waals surface area contributed by atoms with Gasteiger partial charge in [-0.3, -0.25) is 4.90 Å². The van der Waals surface area contributed by atoms with Crippen LogP contribution in [0.4, 0.5) is 8.78 Å². The quantitative estimate of drug-likeness (QED) is 0.549. The SMILES string of the molecule is CN(Cc1ccc(OC(F)F)cc1)Cc1nnc(-c2cccc(Br)c2)o1. The molecule has 0 spiro atoms. The second kappa shape index (κ2) is 8.37. The molecule has 26 heavy (non-hydrogen) atoms. The van der Waals surface area contributed by atoms with Crippen LogP contribution in [0.15, 0.2) is 57.4 Å². The number of alkyl halides is 2. The van der Waals surface area contributed by atoms with Crippen molar-refractivity contribution in [1.82, 2.24) is 15.1 Å². The molecule has 5 nitrogen and oxygen atoms in total. The van der Waals surface area contributed by atoms with Gasteiger partial charge in [-0.15, -0.1) is 10.2 Å². The number of benzene rings is 2. The molecule has 0 atom stereocenters. The standard InChI is InChI=1S/C18H16BrF2N3O2/c1-24(10-12-5-7-15(8-6-12)25-18(20)21)11-16-22-23-17(26-16)13-3-2-4-14(19)9-13/h2-9,18H,10-11H2,1H3. The lowest BCUT2D eigenvalue weighted by Crippen LogP contribution is -2.17. The molecule has 1 aromatic heterocycles. The first kappa shape index (κ1) is 18.5. The van der Waals surface area contributed by atoms with Crippen LogP contribution < -0.4 is 4.74 Å². The van der Waals surface area contributed by atoms with Crippen LogP contribution in [0, 0.1) is 0 Å². The molecule has 0 saturated carbocycles. The van der Waals surface area contributed by atoms with E-state index in [1.807, 2.05) is 36.2 Å². The predicted octanol–water partition coefficient (Wildman–Crippen LogP) is 4.73. The van der Waals surface area contributed by atoms with Crippen molar-refractivity contribution in [2.75, 3.05) is 7.05 Å². The van der Waals surface area contributed by atoms with Gasteiger partial charge in [0.15, 0.2) is 0 Å². The van der Waals surface area contributed by atoms with Crippen molar-refractivity contribution in [3.05, 3.63) is 64.5 Å². The van der Waals surface area contributed by atoms with E-state index >= 15 is 0 Å². The third-order valence-electron chi connectivity index (χ3n) is 3.54. The predicted molar refractivity (Wildman–Crippen MR) is 95.7 cm³/mol. The monoisotopic (exact) mass is 423 g/mol. The Hall–Kier alpha value is -2.32. The van der Waals surface area contributed by atoms with Gasteiger partial charge in [-0.05, 0) is 42.9 Å². The van der Waals surface area contributed by atoms with Gasteiger partial charge >= 0.3 is 6.61 Å². The normalized spacial score (nSPS) is 11.3. The van der Waals surface area contributed by atoms with E-state index in [0.717, 1.165) is 15.6 Å². The molecule has 0 radical (unpaired) electrons. The van der Waals surface area contributed by atoms with Crippen molar-refractivity contribution in [3.8, 4) is 17.2 Å². The van der Waals surface area contributed by atoms with Gasteiger partial charge in [0, 0.05) is 16.6 Å². The molecule has 0 unspecified atom stereocenters. The molecule has 1 heterocycles. The number of nitrogens with zero attached hydrogens (tertiary/aromatic N) is 3. The second-order valence-corrected chi connectivity index (χ2v) is 6.62. The number of hydrogen-bond acceptors (Lipinski definition) is 5. The highest BCUT2D eigenvalue weighted by Crippen LogP contribution is 2.22. The summed E-state index contributed by atoms with van der Waals surface area (Å²) in [7, 11) is 1.91. The topological polar surface area (TPSA) is 51.4 Å². The Morgan fingerprint density at radius 2 is 1.88 bits per heavy atom. The lowest BCUT2D eigenvalue weighted by Gasteiger charge is -2.14. The zero-order valence-electron chi connectivity index (χ0n) is 13.9. The molecule has 3 aromatic rings. The number of rotatable bonds is 7. The maximum Gasteiger partial charge on any atom is 0.387 e. The van der Waals surface area contributed by atoms with Crippen LogP contribution >= 0.6 is 15.9 Å². The summed E-state index contributed by atoms with van der Waals surface area (Å²) in [5.74, 6) is 1.10. The van der Waals surface area contributed by atoms with Crippen molar-refractivity contribution < 1.29 is 17.9 Å². The fraction of sp³-hybridized carbons (Fsp3) is 0.222. The summed E-state index contributed by atoms with van der Waals surface area (Å²) in [6.45, 7) is -1.75. The lowest BCUT2D eigenvalue weighted by molar-refractivity contribution is -0.0498. The Labute approximate surface area is 157 Å². The molecular formula is C18H16BrF2N3O2. The average molecular weight is 424 g/mol. The van der Waals surface area contributed by atoms with Crippen molar-refractivity contribution in [1.29, 1.82) is 0 Å². The molecule has 8 heteroatoms. The molecule has 0 N–H and O–H groups in total. The highest BCUT2D eigenvalue weighted by atomic mass is 79.9. The maximum absolute atomic E-state index is 12.2. The van der Waals surface area contributed by atoms with Crippen LogP contribution in [-0.2, 0) is 13.1 Å². The van der Waals surface area contributed by atoms with Crippen LogP contribution in [0.2, 0.25) is 0 Å². The van der Waals surface area contributed by atoms with E-state index in [9.17, 15) is 8.78 Å². The summed E-state index contributed by atoms with van der Waals surface area (Å²) < 4.78 is 35.3. The molecular weight excluding hydrogens is 408 g/mol. The molecule has 3 rings (SSSR count). The van der Waals surface area contributed by atoms with E-state index in [1.54, 1.807) is 12.1 Å². The third kappa shape index (κ3) is 5.09. The van der Waals surface area contributed by atoms with E-state index < -0.39 is 6.61 Å². The van der Waals surface area contributed by atoms with E-state index in [1.165, 1.54) is 12.1 Å². The van der Waals surface area contributed by atoms with Gasteiger partial charge in [-0.25, -0.2) is 0 Å². The highest BCUT2D eigenvalue weighted by Gasteiger charge is 2.11. The first-order valence-electron chi connectivity index (χ1n) is 7.80. The zero-order valence-corrected chi connectivity index (χ0v) is 15.5. The first-order chi connectivity index (χ1) is 12.5. The largest absolute Gasteiger partial charge is 0.435 e. The van der Waals surface area contributed by atoms with Crippen LogP contribution in [0.5, 0.6) is 5.75 Å².